The zero-order valence-corrected chi connectivity index (χ0v) is 27.4. The van der Waals surface area contributed by atoms with Crippen molar-refractivity contribution >= 4 is 15.9 Å². The minimum absolute atomic E-state index is 0.0152. The molecule has 0 aromatic heterocycles. The summed E-state index contributed by atoms with van der Waals surface area (Å²) in [5.74, 6) is 0.185. The van der Waals surface area contributed by atoms with Gasteiger partial charge in [-0.25, -0.2) is 0 Å². The fourth-order valence-electron chi connectivity index (χ4n) is 8.39. The molecule has 0 saturated heterocycles. The van der Waals surface area contributed by atoms with Crippen LogP contribution in [0.3, 0.4) is 0 Å². The van der Waals surface area contributed by atoms with Gasteiger partial charge in [-0.2, -0.15) is 8.42 Å². The van der Waals surface area contributed by atoms with Crippen molar-refractivity contribution in [2.45, 2.75) is 39.5 Å². The molecule has 8 rings (SSSR count). The van der Waals surface area contributed by atoms with E-state index in [0.29, 0.717) is 12.8 Å². The lowest BCUT2D eigenvalue weighted by Crippen LogP contribution is -2.42. The number of aromatic hydroxyl groups is 1. The molecule has 2 atom stereocenters. The fourth-order valence-corrected chi connectivity index (χ4v) is 9.69. The molecule has 238 valence electrons. The molecule has 6 heteroatoms. The predicted octanol–water partition coefficient (Wildman–Crippen LogP) is 9.23. The van der Waals surface area contributed by atoms with E-state index in [4.69, 9.17) is 4.55 Å². The minimum atomic E-state index is -4.08. The molecule has 47 heavy (non-hydrogen) atoms. The molecular formula is C41H38O5S. The van der Waals surface area contributed by atoms with Crippen LogP contribution >= 0.6 is 0 Å². The second kappa shape index (κ2) is 11.6. The number of rotatable bonds is 5. The number of benzene rings is 5. The zero-order valence-electron chi connectivity index (χ0n) is 26.6. The van der Waals surface area contributed by atoms with Gasteiger partial charge in [0.05, 0.1) is 11.2 Å². The van der Waals surface area contributed by atoms with Gasteiger partial charge < -0.3 is 5.11 Å². The first kappa shape index (κ1) is 31.1. The van der Waals surface area contributed by atoms with Gasteiger partial charge in [-0.3, -0.25) is 9.35 Å². The van der Waals surface area contributed by atoms with Crippen LogP contribution in [0.25, 0.3) is 44.5 Å². The lowest BCUT2D eigenvalue weighted by atomic mass is 9.70. The van der Waals surface area contributed by atoms with Gasteiger partial charge in [0.2, 0.25) is 0 Å². The maximum Gasteiger partial charge on any atom is 0.265 e. The van der Waals surface area contributed by atoms with Gasteiger partial charge in [-0.05, 0) is 104 Å². The molecule has 5 aromatic carbocycles. The third kappa shape index (κ3) is 5.39. The van der Waals surface area contributed by atoms with Gasteiger partial charge in [-0.15, -0.1) is 0 Å². The molecule has 3 aliphatic carbocycles. The normalized spacial score (nSPS) is 20.3. The first-order valence-corrected chi connectivity index (χ1v) is 17.8. The van der Waals surface area contributed by atoms with E-state index >= 15 is 0 Å². The Morgan fingerprint density at radius 2 is 1.32 bits per heavy atom. The molecule has 5 aromatic rings. The number of fused-ring (bicyclic) bond motifs is 5. The molecule has 5 nitrogen and oxygen atoms in total. The smallest absolute Gasteiger partial charge is 0.265 e. The second-order valence-electron chi connectivity index (χ2n) is 13.7. The molecule has 0 heterocycles. The minimum Gasteiger partial charge on any atom is -0.508 e. The number of carbonyl (C=O) groups excluding carboxylic acids is 1. The average molecular weight is 643 g/mol. The van der Waals surface area contributed by atoms with Crippen LogP contribution in [0.4, 0.5) is 0 Å². The largest absolute Gasteiger partial charge is 0.508 e. The Morgan fingerprint density at radius 1 is 0.723 bits per heavy atom. The molecule has 0 amide bonds. The Labute approximate surface area is 276 Å². The molecule has 2 N–H and O–H groups in total. The number of phenolic OH excluding ortho intramolecular Hbond substituents is 1. The summed E-state index contributed by atoms with van der Waals surface area (Å²) in [4.78, 5) is 11.9. The van der Waals surface area contributed by atoms with Crippen LogP contribution < -0.4 is 0 Å². The summed E-state index contributed by atoms with van der Waals surface area (Å²) in [6, 6.07) is 40.1. The number of hydrogen-bond acceptors (Lipinski definition) is 4. The first-order valence-electron chi connectivity index (χ1n) is 16.2. The molecule has 2 saturated carbocycles. The summed E-state index contributed by atoms with van der Waals surface area (Å²) in [5, 5.41) is 9.96. The van der Waals surface area contributed by atoms with E-state index in [1.807, 2.05) is 26.0 Å². The highest BCUT2D eigenvalue weighted by molar-refractivity contribution is 7.85. The maximum atomic E-state index is 11.9. The van der Waals surface area contributed by atoms with Crippen molar-refractivity contribution in [1.29, 1.82) is 0 Å². The summed E-state index contributed by atoms with van der Waals surface area (Å²) in [7, 11) is -4.08. The number of carbonyl (C=O) groups is 1. The quantitative estimate of drug-likeness (QED) is 0.183. The van der Waals surface area contributed by atoms with E-state index in [2.05, 4.69) is 91.0 Å². The summed E-state index contributed by atoms with van der Waals surface area (Å²) in [6.07, 6.45) is 2.89. The third-order valence-corrected chi connectivity index (χ3v) is 11.8. The van der Waals surface area contributed by atoms with Crippen molar-refractivity contribution in [3.8, 4) is 50.3 Å². The average Bonchev–Trinajstić information content (AvgIpc) is 3.61. The number of phenols is 1. The SMILES string of the molecule is CC1(C)C2CCC1(CS(=O)(=O)O)C(=O)C2.Oc1ccc(-c2c3c(cc(-c4ccccc4)c2-c2ccccc2)-c2ccccc2C3)cc1. The van der Waals surface area contributed by atoms with Crippen molar-refractivity contribution in [3.05, 3.63) is 126 Å². The van der Waals surface area contributed by atoms with Crippen molar-refractivity contribution in [2.75, 3.05) is 5.75 Å². The highest BCUT2D eigenvalue weighted by Crippen LogP contribution is 2.64. The monoisotopic (exact) mass is 642 g/mol. The molecule has 2 unspecified atom stereocenters. The van der Waals surface area contributed by atoms with Crippen LogP contribution in [0.1, 0.15) is 44.2 Å². The Bertz CT molecular complexity index is 2080. The van der Waals surface area contributed by atoms with E-state index in [1.165, 1.54) is 50.1 Å². The van der Waals surface area contributed by atoms with E-state index in [-0.39, 0.29) is 22.9 Å². The number of Topliss-reactive ketones (excluding diaryl/α,β-unsaturated/α-hetero) is 1. The Hall–Kier alpha value is -4.52. The molecule has 2 bridgehead atoms. The summed E-state index contributed by atoms with van der Waals surface area (Å²) in [6.45, 7) is 3.89. The van der Waals surface area contributed by atoms with Gasteiger partial charge in [0.1, 0.15) is 11.5 Å². The lowest BCUT2D eigenvalue weighted by molar-refractivity contribution is -0.128. The fraction of sp³-hybridized carbons (Fsp3) is 0.244. The van der Waals surface area contributed by atoms with E-state index in [1.54, 1.807) is 12.1 Å². The molecule has 0 aliphatic heterocycles. The van der Waals surface area contributed by atoms with Crippen molar-refractivity contribution in [3.63, 3.8) is 0 Å². The van der Waals surface area contributed by atoms with Gasteiger partial charge in [-0.1, -0.05) is 111 Å². The summed E-state index contributed by atoms with van der Waals surface area (Å²) >= 11 is 0. The van der Waals surface area contributed by atoms with Crippen LogP contribution in [-0.2, 0) is 21.3 Å². The Morgan fingerprint density at radius 3 is 1.91 bits per heavy atom. The van der Waals surface area contributed by atoms with E-state index < -0.39 is 21.3 Å². The van der Waals surface area contributed by atoms with Crippen LogP contribution in [-0.4, -0.2) is 29.6 Å². The predicted molar refractivity (Wildman–Crippen MR) is 188 cm³/mol. The van der Waals surface area contributed by atoms with E-state index in [0.717, 1.165) is 18.4 Å². The van der Waals surface area contributed by atoms with Crippen molar-refractivity contribution in [1.82, 2.24) is 0 Å². The summed E-state index contributed by atoms with van der Waals surface area (Å²) in [5.41, 5.74) is 11.5. The molecular weight excluding hydrogens is 605 g/mol. The van der Waals surface area contributed by atoms with Gasteiger partial charge in [0.25, 0.3) is 10.1 Å². The van der Waals surface area contributed by atoms with Crippen LogP contribution in [0.2, 0.25) is 0 Å². The van der Waals surface area contributed by atoms with Crippen molar-refractivity contribution in [2.24, 2.45) is 16.7 Å². The number of hydrogen-bond donors (Lipinski definition) is 2. The van der Waals surface area contributed by atoms with Crippen LogP contribution in [0.15, 0.2) is 115 Å². The molecule has 2 fully saturated rings. The lowest BCUT2D eigenvalue weighted by Gasteiger charge is -2.35. The second-order valence-corrected chi connectivity index (χ2v) is 15.2. The zero-order chi connectivity index (χ0) is 33.0. The topological polar surface area (TPSA) is 91.7 Å². The first-order chi connectivity index (χ1) is 22.5. The van der Waals surface area contributed by atoms with Crippen LogP contribution in [0.5, 0.6) is 5.75 Å². The van der Waals surface area contributed by atoms with Gasteiger partial charge >= 0.3 is 0 Å². The highest BCUT2D eigenvalue weighted by Gasteiger charge is 2.65. The van der Waals surface area contributed by atoms with Crippen molar-refractivity contribution < 1.29 is 22.9 Å². The Balaban J connectivity index is 0.000000197. The van der Waals surface area contributed by atoms with Crippen LogP contribution in [0, 0.1) is 16.7 Å². The number of ketones is 1. The molecule has 0 spiro atoms. The maximum absolute atomic E-state index is 11.9. The van der Waals surface area contributed by atoms with E-state index in [9.17, 15) is 18.3 Å². The molecule has 0 radical (unpaired) electrons. The summed E-state index contributed by atoms with van der Waals surface area (Å²) < 4.78 is 31.0. The Kier molecular flexibility index (Phi) is 7.69. The standard InChI is InChI=1S/C31H22O.C10H16O4S/c32-25-17-15-23(16-18-25)31-29-19-24-13-7-8-14-26(24)28(29)20-27(21-9-3-1-4-10-21)30(31)22-11-5-2-6-12-22;1-9(2)7-3-4-10(9,8(11)5-7)6-15(12,13)14/h1-18,20,32H,19H2;7H,3-6H2,1-2H3,(H,12,13,14). The van der Waals surface area contributed by atoms with Gasteiger partial charge in [0, 0.05) is 6.42 Å². The highest BCUT2D eigenvalue weighted by atomic mass is 32.2. The third-order valence-electron chi connectivity index (χ3n) is 11.0. The molecule has 3 aliphatic rings. The van der Waals surface area contributed by atoms with Gasteiger partial charge in [0.15, 0.2) is 0 Å².